The lowest BCUT2D eigenvalue weighted by atomic mass is 9.93. The van der Waals surface area contributed by atoms with Crippen LogP contribution in [-0.2, 0) is 6.54 Å². The fraction of sp³-hybridized carbons (Fsp3) is 0.737. The Morgan fingerprint density at radius 2 is 1.68 bits per heavy atom. The van der Waals surface area contributed by atoms with Gasteiger partial charge in [-0.1, -0.05) is 0 Å². The lowest BCUT2D eigenvalue weighted by Crippen LogP contribution is -2.46. The van der Waals surface area contributed by atoms with Crippen molar-refractivity contribution in [2.24, 2.45) is 0 Å². The average Bonchev–Trinajstić information content (AvgIpc) is 3.24. The summed E-state index contributed by atoms with van der Waals surface area (Å²) in [5.41, 5.74) is 0. The van der Waals surface area contributed by atoms with Gasteiger partial charge in [0.2, 0.25) is 0 Å². The summed E-state index contributed by atoms with van der Waals surface area (Å²) >= 11 is 0. The van der Waals surface area contributed by atoms with E-state index in [9.17, 15) is 0 Å². The molecule has 1 saturated carbocycles. The molecule has 2 aromatic rings. The van der Waals surface area contributed by atoms with E-state index in [4.69, 9.17) is 0 Å². The van der Waals surface area contributed by atoms with E-state index in [1.54, 1.807) is 0 Å². The zero-order valence-corrected chi connectivity index (χ0v) is 17.9. The van der Waals surface area contributed by atoms with Gasteiger partial charge in [0.05, 0.1) is 12.9 Å². The van der Waals surface area contributed by atoms with Crippen LogP contribution in [0.2, 0.25) is 0 Å². The Labute approximate surface area is 179 Å². The SMILES string of the molecule is Cl.Cl.c1cn(Cc2nnc(C3CCN(C4CCNCC4)CC3)n2C2CC2)cn1. The zero-order chi connectivity index (χ0) is 17.3. The third kappa shape index (κ3) is 4.53. The first kappa shape index (κ1) is 21.6. The molecule has 0 bridgehead atoms. The zero-order valence-electron chi connectivity index (χ0n) is 16.2. The molecule has 28 heavy (non-hydrogen) atoms. The lowest BCUT2D eigenvalue weighted by molar-refractivity contribution is 0.124. The molecule has 0 radical (unpaired) electrons. The molecule has 4 heterocycles. The van der Waals surface area contributed by atoms with Crippen molar-refractivity contribution in [1.82, 2.24) is 34.5 Å². The Morgan fingerprint density at radius 3 is 2.32 bits per heavy atom. The van der Waals surface area contributed by atoms with Gasteiger partial charge in [-0.15, -0.1) is 35.0 Å². The Bertz CT molecular complexity index is 715. The van der Waals surface area contributed by atoms with Gasteiger partial charge in [-0.05, 0) is 64.7 Å². The number of likely N-dealkylation sites (tertiary alicyclic amines) is 1. The van der Waals surface area contributed by atoms with Crippen LogP contribution in [0.1, 0.15) is 62.1 Å². The number of nitrogens with one attached hydrogen (secondary N) is 1. The third-order valence-corrected chi connectivity index (χ3v) is 6.31. The van der Waals surface area contributed by atoms with Crippen molar-refractivity contribution < 1.29 is 0 Å². The molecule has 3 fully saturated rings. The standard InChI is InChI=1S/C19H29N7.2ClH/c1-2-17(1)26-18(13-24-12-9-21-14-24)22-23-19(26)15-5-10-25(11-6-15)16-3-7-20-8-4-16;;/h9,12,14-17,20H,1-8,10-11,13H2;2*1H. The van der Waals surface area contributed by atoms with Crippen LogP contribution in [0.25, 0.3) is 0 Å². The highest BCUT2D eigenvalue weighted by molar-refractivity contribution is 5.85. The summed E-state index contributed by atoms with van der Waals surface area (Å²) in [6.45, 7) is 5.56. The maximum Gasteiger partial charge on any atom is 0.153 e. The maximum atomic E-state index is 4.67. The van der Waals surface area contributed by atoms with E-state index in [-0.39, 0.29) is 24.8 Å². The van der Waals surface area contributed by atoms with Gasteiger partial charge >= 0.3 is 0 Å². The number of nitrogens with zero attached hydrogens (tertiary/aromatic N) is 6. The minimum Gasteiger partial charge on any atom is -0.330 e. The van der Waals surface area contributed by atoms with Crippen molar-refractivity contribution in [1.29, 1.82) is 0 Å². The average molecular weight is 428 g/mol. The fourth-order valence-corrected chi connectivity index (χ4v) is 4.69. The molecule has 1 aliphatic carbocycles. The van der Waals surface area contributed by atoms with Gasteiger partial charge in [0.25, 0.3) is 0 Å². The lowest BCUT2D eigenvalue weighted by Gasteiger charge is -2.39. The second kappa shape index (κ2) is 9.57. The van der Waals surface area contributed by atoms with Crippen molar-refractivity contribution >= 4 is 24.8 Å². The van der Waals surface area contributed by atoms with E-state index < -0.39 is 0 Å². The first-order valence-corrected chi connectivity index (χ1v) is 10.2. The van der Waals surface area contributed by atoms with Crippen molar-refractivity contribution in [3.05, 3.63) is 30.4 Å². The second-order valence-corrected chi connectivity index (χ2v) is 8.10. The smallest absolute Gasteiger partial charge is 0.153 e. The number of hydrogen-bond acceptors (Lipinski definition) is 5. The van der Waals surface area contributed by atoms with Gasteiger partial charge in [-0.25, -0.2) is 4.98 Å². The molecule has 0 atom stereocenters. The molecule has 9 heteroatoms. The molecule has 0 aromatic carbocycles. The third-order valence-electron chi connectivity index (χ3n) is 6.31. The molecule has 3 aliphatic rings. The van der Waals surface area contributed by atoms with Crippen molar-refractivity contribution in [3.8, 4) is 0 Å². The van der Waals surface area contributed by atoms with Gasteiger partial charge in [-0.2, -0.15) is 0 Å². The number of aromatic nitrogens is 5. The van der Waals surface area contributed by atoms with Gasteiger partial charge in [0.15, 0.2) is 5.82 Å². The van der Waals surface area contributed by atoms with Crippen LogP contribution in [0, 0.1) is 0 Å². The Morgan fingerprint density at radius 1 is 0.929 bits per heavy atom. The van der Waals surface area contributed by atoms with Crippen LogP contribution in [0.4, 0.5) is 0 Å². The quantitative estimate of drug-likeness (QED) is 0.794. The summed E-state index contributed by atoms with van der Waals surface area (Å²) in [4.78, 5) is 6.88. The van der Waals surface area contributed by atoms with Gasteiger partial charge in [0, 0.05) is 30.4 Å². The largest absolute Gasteiger partial charge is 0.330 e. The van der Waals surface area contributed by atoms with E-state index >= 15 is 0 Å². The normalized spacial score (nSPS) is 21.9. The second-order valence-electron chi connectivity index (χ2n) is 8.10. The monoisotopic (exact) mass is 427 g/mol. The molecular formula is C19H31Cl2N7. The minimum absolute atomic E-state index is 0. The summed E-state index contributed by atoms with van der Waals surface area (Å²) in [7, 11) is 0. The molecule has 2 saturated heterocycles. The highest BCUT2D eigenvalue weighted by atomic mass is 35.5. The summed E-state index contributed by atoms with van der Waals surface area (Å²) < 4.78 is 4.55. The van der Waals surface area contributed by atoms with Crippen molar-refractivity contribution in [2.45, 2.75) is 63.1 Å². The number of rotatable bonds is 5. The molecule has 1 N–H and O–H groups in total. The number of hydrogen-bond donors (Lipinski definition) is 1. The van der Waals surface area contributed by atoms with E-state index in [1.807, 2.05) is 18.7 Å². The van der Waals surface area contributed by atoms with E-state index in [0.717, 1.165) is 18.4 Å². The number of imidazole rings is 1. The molecule has 0 unspecified atom stereocenters. The predicted molar refractivity (Wildman–Crippen MR) is 114 cm³/mol. The Hall–Kier alpha value is -1.15. The van der Waals surface area contributed by atoms with Crippen LogP contribution in [0.15, 0.2) is 18.7 Å². The van der Waals surface area contributed by atoms with Crippen LogP contribution >= 0.6 is 24.8 Å². The highest BCUT2D eigenvalue weighted by Crippen LogP contribution is 2.40. The maximum absolute atomic E-state index is 4.67. The van der Waals surface area contributed by atoms with Crippen LogP contribution in [-0.4, -0.2) is 61.4 Å². The Kier molecular flexibility index (Phi) is 7.36. The van der Waals surface area contributed by atoms with E-state index in [2.05, 4.69) is 34.5 Å². The fourth-order valence-electron chi connectivity index (χ4n) is 4.69. The van der Waals surface area contributed by atoms with Gasteiger partial charge < -0.3 is 19.4 Å². The topological polar surface area (TPSA) is 63.8 Å². The van der Waals surface area contributed by atoms with Gasteiger partial charge in [-0.3, -0.25) is 0 Å². The van der Waals surface area contributed by atoms with Crippen molar-refractivity contribution in [3.63, 3.8) is 0 Å². The summed E-state index contributed by atoms with van der Waals surface area (Å²) in [6, 6.07) is 1.41. The Balaban J connectivity index is 0.00000112. The molecule has 0 spiro atoms. The first-order valence-electron chi connectivity index (χ1n) is 10.2. The number of piperidine rings is 2. The van der Waals surface area contributed by atoms with Crippen LogP contribution in [0.5, 0.6) is 0 Å². The van der Waals surface area contributed by atoms with E-state index in [1.165, 1.54) is 70.5 Å². The summed E-state index contributed by atoms with van der Waals surface area (Å²) in [5.74, 6) is 2.91. The van der Waals surface area contributed by atoms with Crippen LogP contribution < -0.4 is 5.32 Å². The molecule has 5 rings (SSSR count). The highest BCUT2D eigenvalue weighted by Gasteiger charge is 2.34. The summed E-state index contributed by atoms with van der Waals surface area (Å²) in [5, 5.41) is 12.7. The summed E-state index contributed by atoms with van der Waals surface area (Å²) in [6.07, 6.45) is 13.3. The van der Waals surface area contributed by atoms with Crippen molar-refractivity contribution in [2.75, 3.05) is 26.2 Å². The molecule has 7 nitrogen and oxygen atoms in total. The molecule has 2 aromatic heterocycles. The molecule has 156 valence electrons. The first-order chi connectivity index (χ1) is 12.9. The molecular weight excluding hydrogens is 397 g/mol. The van der Waals surface area contributed by atoms with E-state index in [0.29, 0.717) is 12.0 Å². The number of halogens is 2. The minimum atomic E-state index is 0. The molecule has 0 amide bonds. The van der Waals surface area contributed by atoms with Gasteiger partial charge in [0.1, 0.15) is 5.82 Å². The van der Waals surface area contributed by atoms with Crippen LogP contribution in [0.3, 0.4) is 0 Å². The molecule has 2 aliphatic heterocycles. The predicted octanol–water partition coefficient (Wildman–Crippen LogP) is 2.63.